The minimum absolute atomic E-state index is 0.131. The first-order chi connectivity index (χ1) is 10.0. The summed E-state index contributed by atoms with van der Waals surface area (Å²) in [5.74, 6) is 0.389. The summed E-state index contributed by atoms with van der Waals surface area (Å²) in [6.07, 6.45) is 0.247. The highest BCUT2D eigenvalue weighted by molar-refractivity contribution is 7.09. The SMILES string of the molecule is Cc1cc(C)c2c(NC(=O)Cc3csc(C)n3)n[nH]c2n1. The highest BCUT2D eigenvalue weighted by atomic mass is 32.1. The van der Waals surface area contributed by atoms with Crippen LogP contribution in [0, 0.1) is 20.8 Å². The second-order valence-corrected chi connectivity index (χ2v) is 6.02. The largest absolute Gasteiger partial charge is 0.308 e. The third-order valence-electron chi connectivity index (χ3n) is 3.12. The number of aromatic amines is 1. The number of H-pyrrole nitrogens is 1. The number of aryl methyl sites for hydroxylation is 3. The van der Waals surface area contributed by atoms with Gasteiger partial charge in [-0.2, -0.15) is 5.10 Å². The summed E-state index contributed by atoms with van der Waals surface area (Å²) in [6.45, 7) is 5.83. The third kappa shape index (κ3) is 2.78. The number of carbonyl (C=O) groups is 1. The fraction of sp³-hybridized carbons (Fsp3) is 0.286. The van der Waals surface area contributed by atoms with Crippen molar-refractivity contribution in [1.82, 2.24) is 20.2 Å². The van der Waals surface area contributed by atoms with Crippen molar-refractivity contribution < 1.29 is 4.79 Å². The van der Waals surface area contributed by atoms with Gasteiger partial charge in [-0.3, -0.25) is 9.89 Å². The maximum atomic E-state index is 12.1. The molecule has 6 nitrogen and oxygen atoms in total. The zero-order valence-corrected chi connectivity index (χ0v) is 12.8. The van der Waals surface area contributed by atoms with E-state index in [1.54, 1.807) is 0 Å². The van der Waals surface area contributed by atoms with E-state index in [2.05, 4.69) is 25.5 Å². The van der Waals surface area contributed by atoms with Crippen LogP contribution in [0.4, 0.5) is 5.82 Å². The number of nitrogens with one attached hydrogen (secondary N) is 2. The van der Waals surface area contributed by atoms with E-state index in [9.17, 15) is 4.79 Å². The van der Waals surface area contributed by atoms with Crippen molar-refractivity contribution in [3.63, 3.8) is 0 Å². The van der Waals surface area contributed by atoms with Crippen molar-refractivity contribution in [1.29, 1.82) is 0 Å². The molecule has 0 aliphatic heterocycles. The molecule has 0 saturated heterocycles. The van der Waals surface area contributed by atoms with Gasteiger partial charge in [-0.25, -0.2) is 9.97 Å². The quantitative estimate of drug-likeness (QED) is 0.778. The molecule has 0 radical (unpaired) electrons. The molecule has 0 atom stereocenters. The molecule has 0 saturated carbocycles. The van der Waals surface area contributed by atoms with Crippen LogP contribution in [0.15, 0.2) is 11.4 Å². The van der Waals surface area contributed by atoms with Crippen molar-refractivity contribution in [2.24, 2.45) is 0 Å². The maximum Gasteiger partial charge on any atom is 0.231 e. The number of fused-ring (bicyclic) bond motifs is 1. The average molecular weight is 301 g/mol. The van der Waals surface area contributed by atoms with Crippen LogP contribution in [0.2, 0.25) is 0 Å². The number of amides is 1. The zero-order valence-electron chi connectivity index (χ0n) is 12.0. The van der Waals surface area contributed by atoms with E-state index in [1.165, 1.54) is 11.3 Å². The highest BCUT2D eigenvalue weighted by Gasteiger charge is 2.14. The first-order valence-electron chi connectivity index (χ1n) is 6.56. The van der Waals surface area contributed by atoms with Gasteiger partial charge in [-0.05, 0) is 32.4 Å². The van der Waals surface area contributed by atoms with Crippen LogP contribution in [0.5, 0.6) is 0 Å². The Bertz CT molecular complexity index is 820. The molecule has 0 aromatic carbocycles. The third-order valence-corrected chi connectivity index (χ3v) is 3.94. The molecule has 3 aromatic heterocycles. The van der Waals surface area contributed by atoms with Gasteiger partial charge >= 0.3 is 0 Å². The van der Waals surface area contributed by atoms with Gasteiger partial charge in [0.2, 0.25) is 5.91 Å². The Morgan fingerprint density at radius 3 is 2.86 bits per heavy atom. The van der Waals surface area contributed by atoms with E-state index in [-0.39, 0.29) is 12.3 Å². The van der Waals surface area contributed by atoms with Crippen LogP contribution in [0.25, 0.3) is 11.0 Å². The number of hydrogen-bond acceptors (Lipinski definition) is 5. The van der Waals surface area contributed by atoms with E-state index in [1.807, 2.05) is 32.2 Å². The molecule has 2 N–H and O–H groups in total. The number of nitrogens with zero attached hydrogens (tertiary/aromatic N) is 3. The van der Waals surface area contributed by atoms with Crippen LogP contribution in [-0.4, -0.2) is 26.1 Å². The van der Waals surface area contributed by atoms with Gasteiger partial charge in [0.1, 0.15) is 0 Å². The van der Waals surface area contributed by atoms with Gasteiger partial charge in [0.05, 0.1) is 22.5 Å². The topological polar surface area (TPSA) is 83.6 Å². The molecule has 7 heteroatoms. The lowest BCUT2D eigenvalue weighted by Gasteiger charge is -2.03. The number of aromatic nitrogens is 4. The molecule has 0 unspecified atom stereocenters. The Kier molecular flexibility index (Phi) is 3.42. The van der Waals surface area contributed by atoms with Crippen molar-refractivity contribution in [2.45, 2.75) is 27.2 Å². The van der Waals surface area contributed by atoms with Gasteiger partial charge in [-0.1, -0.05) is 0 Å². The number of pyridine rings is 1. The van der Waals surface area contributed by atoms with Crippen LogP contribution in [0.1, 0.15) is 22.0 Å². The van der Waals surface area contributed by atoms with E-state index < -0.39 is 0 Å². The Labute approximate surface area is 125 Å². The Balaban J connectivity index is 1.83. The number of rotatable bonds is 3. The van der Waals surface area contributed by atoms with Crippen LogP contribution < -0.4 is 5.32 Å². The molecular weight excluding hydrogens is 286 g/mol. The fourth-order valence-electron chi connectivity index (χ4n) is 2.30. The Morgan fingerprint density at radius 2 is 2.14 bits per heavy atom. The van der Waals surface area contributed by atoms with E-state index in [0.29, 0.717) is 11.5 Å². The second kappa shape index (κ2) is 5.25. The lowest BCUT2D eigenvalue weighted by molar-refractivity contribution is -0.115. The van der Waals surface area contributed by atoms with Crippen molar-refractivity contribution in [3.05, 3.63) is 33.4 Å². The summed E-state index contributed by atoms with van der Waals surface area (Å²) < 4.78 is 0. The van der Waals surface area contributed by atoms with E-state index in [0.717, 1.165) is 27.3 Å². The summed E-state index contributed by atoms with van der Waals surface area (Å²) >= 11 is 1.54. The molecule has 21 heavy (non-hydrogen) atoms. The summed E-state index contributed by atoms with van der Waals surface area (Å²) in [7, 11) is 0. The molecule has 0 aliphatic carbocycles. The predicted octanol–water partition coefficient (Wildman–Crippen LogP) is 2.52. The van der Waals surface area contributed by atoms with Gasteiger partial charge in [0.15, 0.2) is 11.5 Å². The summed E-state index contributed by atoms with van der Waals surface area (Å²) in [4.78, 5) is 20.8. The molecule has 3 heterocycles. The second-order valence-electron chi connectivity index (χ2n) is 4.96. The minimum atomic E-state index is -0.131. The standard InChI is InChI=1S/C14H15N5OS/c1-7-4-8(2)15-13-12(7)14(19-18-13)17-11(20)5-10-6-21-9(3)16-10/h4,6H,5H2,1-3H3,(H2,15,17,18,19,20). The summed E-state index contributed by atoms with van der Waals surface area (Å²) in [5.41, 5.74) is 3.42. The van der Waals surface area contributed by atoms with Gasteiger partial charge in [0, 0.05) is 11.1 Å². The van der Waals surface area contributed by atoms with Crippen molar-refractivity contribution in [2.75, 3.05) is 5.32 Å². The monoisotopic (exact) mass is 301 g/mol. The van der Waals surface area contributed by atoms with E-state index in [4.69, 9.17) is 0 Å². The first kappa shape index (κ1) is 13.7. The molecule has 3 rings (SSSR count). The van der Waals surface area contributed by atoms with Crippen molar-refractivity contribution >= 4 is 34.1 Å². The van der Waals surface area contributed by atoms with Crippen LogP contribution in [0.3, 0.4) is 0 Å². The number of hydrogen-bond donors (Lipinski definition) is 2. The van der Waals surface area contributed by atoms with Gasteiger partial charge in [0.25, 0.3) is 0 Å². The van der Waals surface area contributed by atoms with Crippen molar-refractivity contribution in [3.8, 4) is 0 Å². The molecular formula is C14H15N5OS. The molecule has 1 amide bonds. The number of thiazole rings is 1. The number of anilines is 1. The normalized spacial score (nSPS) is 11.0. The maximum absolute atomic E-state index is 12.1. The molecule has 0 fully saturated rings. The number of carbonyl (C=O) groups excluding carboxylic acids is 1. The predicted molar refractivity (Wildman–Crippen MR) is 82.5 cm³/mol. The Hall–Kier alpha value is -2.28. The van der Waals surface area contributed by atoms with E-state index >= 15 is 0 Å². The lowest BCUT2D eigenvalue weighted by atomic mass is 10.2. The van der Waals surface area contributed by atoms with Crippen LogP contribution in [-0.2, 0) is 11.2 Å². The first-order valence-corrected chi connectivity index (χ1v) is 7.44. The lowest BCUT2D eigenvalue weighted by Crippen LogP contribution is -2.15. The smallest absolute Gasteiger partial charge is 0.231 e. The molecule has 3 aromatic rings. The zero-order chi connectivity index (χ0) is 15.0. The van der Waals surface area contributed by atoms with Gasteiger partial charge in [-0.15, -0.1) is 11.3 Å². The minimum Gasteiger partial charge on any atom is -0.308 e. The fourth-order valence-corrected chi connectivity index (χ4v) is 2.91. The highest BCUT2D eigenvalue weighted by Crippen LogP contribution is 2.23. The summed E-state index contributed by atoms with van der Waals surface area (Å²) in [6, 6.07) is 1.97. The molecule has 0 aliphatic rings. The average Bonchev–Trinajstić information content (AvgIpc) is 2.96. The molecule has 0 spiro atoms. The van der Waals surface area contributed by atoms with Gasteiger partial charge < -0.3 is 5.32 Å². The van der Waals surface area contributed by atoms with Crippen LogP contribution >= 0.6 is 11.3 Å². The summed E-state index contributed by atoms with van der Waals surface area (Å²) in [5, 5.41) is 13.5. The molecule has 108 valence electrons. The Morgan fingerprint density at radius 1 is 1.33 bits per heavy atom. The molecule has 0 bridgehead atoms.